The fourth-order valence-electron chi connectivity index (χ4n) is 3.61. The van der Waals surface area contributed by atoms with E-state index in [4.69, 9.17) is 13.9 Å². The fraction of sp³-hybridized carbons (Fsp3) is 0.619. The van der Waals surface area contributed by atoms with Crippen LogP contribution < -0.4 is 4.74 Å². The molecule has 0 amide bonds. The summed E-state index contributed by atoms with van der Waals surface area (Å²) in [5.74, 6) is 3.22. The lowest BCUT2D eigenvalue weighted by Gasteiger charge is -2.27. The van der Waals surface area contributed by atoms with Crippen LogP contribution in [0.25, 0.3) is 11.0 Å². The SMILES string of the molecule is CC(O)COC1CCC(c2cc3ccc(OCC4CC4)cc3o2)CC1. The van der Waals surface area contributed by atoms with Crippen molar-refractivity contribution in [2.24, 2.45) is 5.92 Å². The van der Waals surface area contributed by atoms with Gasteiger partial charge in [0, 0.05) is 17.4 Å². The highest BCUT2D eigenvalue weighted by Gasteiger charge is 2.26. The second-order valence-corrected chi connectivity index (χ2v) is 7.76. The number of hydrogen-bond donors (Lipinski definition) is 1. The van der Waals surface area contributed by atoms with Crippen molar-refractivity contribution in [1.82, 2.24) is 0 Å². The highest BCUT2D eigenvalue weighted by Crippen LogP contribution is 2.37. The summed E-state index contributed by atoms with van der Waals surface area (Å²) in [5, 5.41) is 10.5. The van der Waals surface area contributed by atoms with Crippen molar-refractivity contribution in [3.05, 3.63) is 30.0 Å². The zero-order valence-corrected chi connectivity index (χ0v) is 14.9. The largest absolute Gasteiger partial charge is 0.493 e. The van der Waals surface area contributed by atoms with E-state index in [9.17, 15) is 5.11 Å². The predicted octanol–water partition coefficient (Wildman–Crippen LogP) is 4.65. The molecule has 0 spiro atoms. The Morgan fingerprint density at radius 2 is 1.92 bits per heavy atom. The molecular formula is C21H28O4. The lowest BCUT2D eigenvalue weighted by atomic mass is 9.86. The highest BCUT2D eigenvalue weighted by atomic mass is 16.5. The second kappa shape index (κ2) is 7.38. The smallest absolute Gasteiger partial charge is 0.137 e. The Bertz CT molecular complexity index is 693. The van der Waals surface area contributed by atoms with E-state index in [-0.39, 0.29) is 12.2 Å². The van der Waals surface area contributed by atoms with Gasteiger partial charge in [0.25, 0.3) is 0 Å². The van der Waals surface area contributed by atoms with E-state index in [2.05, 4.69) is 12.1 Å². The third-order valence-corrected chi connectivity index (χ3v) is 5.34. The van der Waals surface area contributed by atoms with Crippen molar-refractivity contribution >= 4 is 11.0 Å². The lowest BCUT2D eigenvalue weighted by Crippen LogP contribution is -2.24. The molecule has 4 heteroatoms. The first-order valence-electron chi connectivity index (χ1n) is 9.63. The standard InChI is InChI=1S/C21H28O4/c1-14(22)12-23-18-7-4-16(5-8-18)20-10-17-6-9-19(11-21(17)25-20)24-13-15-2-3-15/h6,9-11,14-16,18,22H,2-5,7-8,12-13H2,1H3. The maximum absolute atomic E-state index is 9.34. The fourth-order valence-corrected chi connectivity index (χ4v) is 3.61. The van der Waals surface area contributed by atoms with Gasteiger partial charge in [-0.05, 0) is 69.6 Å². The van der Waals surface area contributed by atoms with E-state index < -0.39 is 0 Å². The third-order valence-electron chi connectivity index (χ3n) is 5.34. The van der Waals surface area contributed by atoms with Crippen molar-refractivity contribution in [3.8, 4) is 5.75 Å². The van der Waals surface area contributed by atoms with Gasteiger partial charge in [-0.3, -0.25) is 0 Å². The second-order valence-electron chi connectivity index (χ2n) is 7.76. The van der Waals surface area contributed by atoms with Crippen LogP contribution in [0.2, 0.25) is 0 Å². The Labute approximate surface area is 149 Å². The molecule has 1 aromatic heterocycles. The van der Waals surface area contributed by atoms with Gasteiger partial charge in [0.1, 0.15) is 17.1 Å². The minimum Gasteiger partial charge on any atom is -0.493 e. The van der Waals surface area contributed by atoms with Crippen molar-refractivity contribution in [2.45, 2.75) is 63.6 Å². The molecular weight excluding hydrogens is 316 g/mol. The Morgan fingerprint density at radius 3 is 2.64 bits per heavy atom. The van der Waals surface area contributed by atoms with E-state index in [1.165, 1.54) is 12.8 Å². The van der Waals surface area contributed by atoms with Crippen LogP contribution >= 0.6 is 0 Å². The summed E-state index contributed by atoms with van der Waals surface area (Å²) >= 11 is 0. The molecule has 1 atom stereocenters. The number of ether oxygens (including phenoxy) is 2. The molecule has 2 aliphatic carbocycles. The maximum Gasteiger partial charge on any atom is 0.137 e. The molecule has 1 aromatic carbocycles. The lowest BCUT2D eigenvalue weighted by molar-refractivity contribution is -0.0208. The topological polar surface area (TPSA) is 51.8 Å². The van der Waals surface area contributed by atoms with Gasteiger partial charge in [0.15, 0.2) is 0 Å². The number of benzene rings is 1. The van der Waals surface area contributed by atoms with Crippen LogP contribution in [0.3, 0.4) is 0 Å². The summed E-state index contributed by atoms with van der Waals surface area (Å²) in [7, 11) is 0. The molecule has 2 aromatic rings. The molecule has 25 heavy (non-hydrogen) atoms. The summed E-state index contributed by atoms with van der Waals surface area (Å²) < 4.78 is 17.8. The van der Waals surface area contributed by atoms with Gasteiger partial charge in [0.05, 0.1) is 25.4 Å². The van der Waals surface area contributed by atoms with Gasteiger partial charge >= 0.3 is 0 Å². The number of aliphatic hydroxyl groups is 1. The summed E-state index contributed by atoms with van der Waals surface area (Å²) in [4.78, 5) is 0. The van der Waals surface area contributed by atoms with Crippen molar-refractivity contribution in [2.75, 3.05) is 13.2 Å². The monoisotopic (exact) mass is 344 g/mol. The third kappa shape index (κ3) is 4.36. The van der Waals surface area contributed by atoms with Gasteiger partial charge < -0.3 is 19.0 Å². The number of aliphatic hydroxyl groups excluding tert-OH is 1. The molecule has 2 saturated carbocycles. The van der Waals surface area contributed by atoms with Crippen LogP contribution in [0.1, 0.15) is 57.1 Å². The number of fused-ring (bicyclic) bond motifs is 1. The van der Waals surface area contributed by atoms with Gasteiger partial charge in [0.2, 0.25) is 0 Å². The van der Waals surface area contributed by atoms with Crippen LogP contribution in [-0.4, -0.2) is 30.5 Å². The molecule has 0 saturated heterocycles. The minimum absolute atomic E-state index is 0.276. The average molecular weight is 344 g/mol. The first kappa shape index (κ1) is 16.9. The molecule has 4 nitrogen and oxygen atoms in total. The molecule has 1 N–H and O–H groups in total. The summed E-state index contributed by atoms with van der Waals surface area (Å²) in [6, 6.07) is 8.35. The zero-order valence-electron chi connectivity index (χ0n) is 14.9. The summed E-state index contributed by atoms with van der Waals surface area (Å²) in [5.41, 5.74) is 0.927. The van der Waals surface area contributed by atoms with Crippen LogP contribution in [-0.2, 0) is 4.74 Å². The molecule has 1 heterocycles. The number of furan rings is 1. The predicted molar refractivity (Wildman–Crippen MR) is 97.1 cm³/mol. The summed E-state index contributed by atoms with van der Waals surface area (Å²) in [6.45, 7) is 3.03. The van der Waals surface area contributed by atoms with Gasteiger partial charge in [-0.25, -0.2) is 0 Å². The van der Waals surface area contributed by atoms with E-state index >= 15 is 0 Å². The molecule has 0 aliphatic heterocycles. The Morgan fingerprint density at radius 1 is 1.12 bits per heavy atom. The van der Waals surface area contributed by atoms with E-state index in [0.717, 1.165) is 60.7 Å². The highest BCUT2D eigenvalue weighted by molar-refractivity contribution is 5.79. The normalized spacial score (nSPS) is 25.2. The quantitative estimate of drug-likeness (QED) is 0.794. The summed E-state index contributed by atoms with van der Waals surface area (Å²) in [6.07, 6.45) is 6.72. The average Bonchev–Trinajstić information content (AvgIpc) is 3.35. The van der Waals surface area contributed by atoms with Crippen LogP contribution in [0.5, 0.6) is 5.75 Å². The molecule has 136 valence electrons. The van der Waals surface area contributed by atoms with Gasteiger partial charge in [-0.15, -0.1) is 0 Å². The zero-order chi connectivity index (χ0) is 17.2. The number of hydrogen-bond acceptors (Lipinski definition) is 4. The van der Waals surface area contributed by atoms with Crippen LogP contribution in [0, 0.1) is 5.92 Å². The molecule has 4 rings (SSSR count). The maximum atomic E-state index is 9.34. The minimum atomic E-state index is -0.385. The van der Waals surface area contributed by atoms with E-state index in [0.29, 0.717) is 12.5 Å². The Kier molecular flexibility index (Phi) is 5.00. The molecule has 2 aliphatic rings. The molecule has 1 unspecified atom stereocenters. The molecule has 0 radical (unpaired) electrons. The van der Waals surface area contributed by atoms with Crippen LogP contribution in [0.4, 0.5) is 0 Å². The van der Waals surface area contributed by atoms with E-state index in [1.807, 2.05) is 12.1 Å². The Hall–Kier alpha value is -1.52. The van der Waals surface area contributed by atoms with Gasteiger partial charge in [-0.2, -0.15) is 0 Å². The first-order chi connectivity index (χ1) is 12.2. The number of rotatable bonds is 7. The van der Waals surface area contributed by atoms with Gasteiger partial charge in [-0.1, -0.05) is 0 Å². The van der Waals surface area contributed by atoms with Crippen molar-refractivity contribution in [3.63, 3.8) is 0 Å². The van der Waals surface area contributed by atoms with Crippen molar-refractivity contribution < 1.29 is 19.0 Å². The van der Waals surface area contributed by atoms with E-state index in [1.54, 1.807) is 6.92 Å². The molecule has 0 bridgehead atoms. The first-order valence-corrected chi connectivity index (χ1v) is 9.63. The molecule has 2 fully saturated rings. The van der Waals surface area contributed by atoms with Crippen molar-refractivity contribution in [1.29, 1.82) is 0 Å². The van der Waals surface area contributed by atoms with Crippen LogP contribution in [0.15, 0.2) is 28.7 Å². The Balaban J connectivity index is 1.36.